The third kappa shape index (κ3) is 4.62. The summed E-state index contributed by atoms with van der Waals surface area (Å²) in [4.78, 5) is 14.2. The molecule has 20 heavy (non-hydrogen) atoms. The van der Waals surface area contributed by atoms with Gasteiger partial charge in [-0.25, -0.2) is 0 Å². The van der Waals surface area contributed by atoms with Crippen molar-refractivity contribution in [1.29, 1.82) is 0 Å². The maximum atomic E-state index is 12.0. The molecule has 1 atom stereocenters. The molecule has 1 aliphatic rings. The average Bonchev–Trinajstić information content (AvgIpc) is 2.42. The minimum atomic E-state index is 0.132. The van der Waals surface area contributed by atoms with E-state index in [9.17, 15) is 4.79 Å². The molecule has 0 spiro atoms. The average molecular weight is 275 g/mol. The van der Waals surface area contributed by atoms with Gasteiger partial charge in [0.05, 0.1) is 6.54 Å². The Morgan fingerprint density at radius 3 is 2.75 bits per heavy atom. The number of benzene rings is 1. The van der Waals surface area contributed by atoms with E-state index in [0.717, 1.165) is 32.6 Å². The van der Waals surface area contributed by atoms with Gasteiger partial charge in [-0.05, 0) is 31.4 Å². The monoisotopic (exact) mass is 275 g/mol. The zero-order valence-electron chi connectivity index (χ0n) is 12.5. The van der Waals surface area contributed by atoms with E-state index in [1.165, 1.54) is 11.1 Å². The van der Waals surface area contributed by atoms with E-state index in [0.29, 0.717) is 6.54 Å². The SMILES string of the molecule is Cc1ccccc1CC(C)NC(=O)CN1CCNCC1. The molecule has 1 fully saturated rings. The lowest BCUT2D eigenvalue weighted by atomic mass is 10.0. The molecular formula is C16H25N3O. The summed E-state index contributed by atoms with van der Waals surface area (Å²) in [5, 5.41) is 6.40. The fraction of sp³-hybridized carbons (Fsp3) is 0.562. The Labute approximate surface area is 121 Å². The van der Waals surface area contributed by atoms with Crippen molar-refractivity contribution in [2.24, 2.45) is 0 Å². The Morgan fingerprint density at radius 2 is 2.05 bits per heavy atom. The first kappa shape index (κ1) is 15.0. The summed E-state index contributed by atoms with van der Waals surface area (Å²) in [5.41, 5.74) is 2.60. The van der Waals surface area contributed by atoms with Crippen molar-refractivity contribution in [2.75, 3.05) is 32.7 Å². The van der Waals surface area contributed by atoms with E-state index in [4.69, 9.17) is 0 Å². The van der Waals surface area contributed by atoms with E-state index in [1.54, 1.807) is 0 Å². The number of hydrogen-bond acceptors (Lipinski definition) is 3. The number of carbonyl (C=O) groups excluding carboxylic acids is 1. The van der Waals surface area contributed by atoms with E-state index < -0.39 is 0 Å². The third-order valence-electron chi connectivity index (χ3n) is 3.77. The standard InChI is InChI=1S/C16H25N3O/c1-13-5-3-4-6-15(13)11-14(2)18-16(20)12-19-9-7-17-8-10-19/h3-6,14,17H,7-12H2,1-2H3,(H,18,20). The van der Waals surface area contributed by atoms with Gasteiger partial charge in [0.1, 0.15) is 0 Å². The second-order valence-corrected chi connectivity index (χ2v) is 5.63. The van der Waals surface area contributed by atoms with E-state index >= 15 is 0 Å². The number of nitrogens with one attached hydrogen (secondary N) is 2. The number of carbonyl (C=O) groups is 1. The van der Waals surface area contributed by atoms with Gasteiger partial charge >= 0.3 is 0 Å². The van der Waals surface area contributed by atoms with Crippen molar-refractivity contribution in [1.82, 2.24) is 15.5 Å². The van der Waals surface area contributed by atoms with Crippen LogP contribution in [0.2, 0.25) is 0 Å². The fourth-order valence-corrected chi connectivity index (χ4v) is 2.61. The van der Waals surface area contributed by atoms with Gasteiger partial charge in [0, 0.05) is 32.2 Å². The number of aryl methyl sites for hydroxylation is 1. The maximum absolute atomic E-state index is 12.0. The van der Waals surface area contributed by atoms with Crippen molar-refractivity contribution >= 4 is 5.91 Å². The van der Waals surface area contributed by atoms with E-state index in [-0.39, 0.29) is 11.9 Å². The van der Waals surface area contributed by atoms with E-state index in [2.05, 4.69) is 47.6 Å². The number of nitrogens with zero attached hydrogens (tertiary/aromatic N) is 1. The molecule has 1 heterocycles. The molecule has 1 aliphatic heterocycles. The quantitative estimate of drug-likeness (QED) is 0.841. The topological polar surface area (TPSA) is 44.4 Å². The molecular weight excluding hydrogens is 250 g/mol. The normalized spacial score (nSPS) is 17.7. The summed E-state index contributed by atoms with van der Waals surface area (Å²) < 4.78 is 0. The van der Waals surface area contributed by atoms with Crippen molar-refractivity contribution in [3.8, 4) is 0 Å². The zero-order chi connectivity index (χ0) is 14.4. The molecule has 1 aromatic carbocycles. The van der Waals surface area contributed by atoms with Crippen LogP contribution >= 0.6 is 0 Å². The molecule has 0 saturated carbocycles. The summed E-state index contributed by atoms with van der Waals surface area (Å²) in [6.07, 6.45) is 0.889. The first-order chi connectivity index (χ1) is 9.65. The molecule has 4 heteroatoms. The van der Waals surface area contributed by atoms with Crippen molar-refractivity contribution < 1.29 is 4.79 Å². The Balaban J connectivity index is 1.77. The third-order valence-corrected chi connectivity index (χ3v) is 3.77. The molecule has 0 radical (unpaired) electrons. The van der Waals surface area contributed by atoms with Crippen molar-refractivity contribution in [2.45, 2.75) is 26.3 Å². The lowest BCUT2D eigenvalue weighted by Gasteiger charge is -2.27. The van der Waals surface area contributed by atoms with Crippen molar-refractivity contribution in [3.63, 3.8) is 0 Å². The van der Waals surface area contributed by atoms with Gasteiger partial charge in [0.15, 0.2) is 0 Å². The summed E-state index contributed by atoms with van der Waals surface area (Å²) in [5.74, 6) is 0.132. The molecule has 1 unspecified atom stereocenters. The highest BCUT2D eigenvalue weighted by Gasteiger charge is 2.15. The molecule has 0 aliphatic carbocycles. The first-order valence-electron chi connectivity index (χ1n) is 7.42. The van der Waals surface area contributed by atoms with Gasteiger partial charge in [-0.3, -0.25) is 9.69 Å². The Hall–Kier alpha value is -1.39. The number of rotatable bonds is 5. The van der Waals surface area contributed by atoms with Crippen LogP contribution in [0.15, 0.2) is 24.3 Å². The van der Waals surface area contributed by atoms with Gasteiger partial charge in [-0.1, -0.05) is 24.3 Å². The van der Waals surface area contributed by atoms with Crippen LogP contribution in [-0.4, -0.2) is 49.6 Å². The van der Waals surface area contributed by atoms with Crippen LogP contribution in [-0.2, 0) is 11.2 Å². The van der Waals surface area contributed by atoms with Gasteiger partial charge in [0.2, 0.25) is 5.91 Å². The van der Waals surface area contributed by atoms with Crippen LogP contribution in [0.1, 0.15) is 18.1 Å². The second kappa shape index (κ2) is 7.41. The lowest BCUT2D eigenvalue weighted by molar-refractivity contribution is -0.122. The van der Waals surface area contributed by atoms with Gasteiger partial charge in [-0.15, -0.1) is 0 Å². The van der Waals surface area contributed by atoms with Crippen LogP contribution in [0.3, 0.4) is 0 Å². The minimum absolute atomic E-state index is 0.132. The zero-order valence-corrected chi connectivity index (χ0v) is 12.5. The number of amides is 1. The molecule has 1 saturated heterocycles. The molecule has 1 aromatic rings. The maximum Gasteiger partial charge on any atom is 0.234 e. The van der Waals surface area contributed by atoms with Crippen LogP contribution < -0.4 is 10.6 Å². The smallest absolute Gasteiger partial charge is 0.234 e. The fourth-order valence-electron chi connectivity index (χ4n) is 2.61. The number of hydrogen-bond donors (Lipinski definition) is 2. The first-order valence-corrected chi connectivity index (χ1v) is 7.42. The van der Waals surface area contributed by atoms with Crippen LogP contribution in [0.4, 0.5) is 0 Å². The summed E-state index contributed by atoms with van der Waals surface area (Å²) in [6, 6.07) is 8.52. The molecule has 1 amide bonds. The van der Waals surface area contributed by atoms with Crippen molar-refractivity contribution in [3.05, 3.63) is 35.4 Å². The Bertz CT molecular complexity index is 441. The summed E-state index contributed by atoms with van der Waals surface area (Å²) in [7, 11) is 0. The van der Waals surface area contributed by atoms with Gasteiger partial charge in [-0.2, -0.15) is 0 Å². The molecule has 4 nitrogen and oxygen atoms in total. The molecule has 0 bridgehead atoms. The summed E-state index contributed by atoms with van der Waals surface area (Å²) in [6.45, 7) is 8.57. The van der Waals surface area contributed by atoms with Crippen LogP contribution in [0.25, 0.3) is 0 Å². The van der Waals surface area contributed by atoms with Crippen LogP contribution in [0.5, 0.6) is 0 Å². The Morgan fingerprint density at radius 1 is 1.35 bits per heavy atom. The minimum Gasteiger partial charge on any atom is -0.352 e. The molecule has 2 rings (SSSR count). The predicted octanol–water partition coefficient (Wildman–Crippen LogP) is 0.947. The van der Waals surface area contributed by atoms with Gasteiger partial charge < -0.3 is 10.6 Å². The molecule has 2 N–H and O–H groups in total. The Kier molecular flexibility index (Phi) is 5.56. The number of piperazine rings is 1. The van der Waals surface area contributed by atoms with E-state index in [1.807, 2.05) is 6.07 Å². The molecule has 0 aromatic heterocycles. The van der Waals surface area contributed by atoms with Gasteiger partial charge in [0.25, 0.3) is 0 Å². The summed E-state index contributed by atoms with van der Waals surface area (Å²) >= 11 is 0. The predicted molar refractivity (Wildman–Crippen MR) is 81.8 cm³/mol. The highest BCUT2D eigenvalue weighted by molar-refractivity contribution is 5.78. The largest absolute Gasteiger partial charge is 0.352 e. The lowest BCUT2D eigenvalue weighted by Crippen LogP contribution is -2.48. The molecule has 110 valence electrons. The highest BCUT2D eigenvalue weighted by Crippen LogP contribution is 2.09. The second-order valence-electron chi connectivity index (χ2n) is 5.63. The highest BCUT2D eigenvalue weighted by atomic mass is 16.2. The van der Waals surface area contributed by atoms with Crippen LogP contribution in [0, 0.1) is 6.92 Å².